The van der Waals surface area contributed by atoms with Crippen molar-refractivity contribution in [3.63, 3.8) is 0 Å². The zero-order chi connectivity index (χ0) is 19.4. The fourth-order valence-corrected chi connectivity index (χ4v) is 2.85. The van der Waals surface area contributed by atoms with Crippen LogP contribution in [0.2, 0.25) is 5.02 Å². The van der Waals surface area contributed by atoms with Gasteiger partial charge < -0.3 is 16.0 Å². The largest absolute Gasteiger partial charge is 0.393 e. The molecule has 3 heterocycles. The summed E-state index contributed by atoms with van der Waals surface area (Å²) in [4.78, 5) is 8.99. The average molecular weight is 382 g/mol. The number of rotatable bonds is 6. The first kappa shape index (κ1) is 18.7. The summed E-state index contributed by atoms with van der Waals surface area (Å²) in [6.45, 7) is 4.20. The molecule has 27 heavy (non-hydrogen) atoms. The van der Waals surface area contributed by atoms with E-state index in [0.29, 0.717) is 44.7 Å². The van der Waals surface area contributed by atoms with E-state index in [4.69, 9.17) is 17.0 Å². The van der Waals surface area contributed by atoms with Gasteiger partial charge in [0.25, 0.3) is 0 Å². The van der Waals surface area contributed by atoms with Crippen molar-refractivity contribution < 1.29 is 0 Å². The molecule has 0 bridgehead atoms. The van der Waals surface area contributed by atoms with Crippen LogP contribution in [0.1, 0.15) is 30.9 Å². The van der Waals surface area contributed by atoms with Crippen LogP contribution < -0.4 is 10.6 Å². The lowest BCUT2D eigenvalue weighted by atomic mass is 10.1. The Morgan fingerprint density at radius 1 is 1.22 bits per heavy atom. The summed E-state index contributed by atoms with van der Waals surface area (Å²) in [5.74, 6) is 1.56. The van der Waals surface area contributed by atoms with E-state index in [1.54, 1.807) is 25.6 Å². The van der Waals surface area contributed by atoms with Gasteiger partial charge in [-0.3, -0.25) is 4.98 Å². The van der Waals surface area contributed by atoms with Crippen LogP contribution in [-0.2, 0) is 0 Å². The van der Waals surface area contributed by atoms with Gasteiger partial charge in [0.1, 0.15) is 11.3 Å². The number of nitrogens with zero attached hydrogens (tertiary/aromatic N) is 4. The lowest BCUT2D eigenvalue weighted by molar-refractivity contribution is 0.843. The third kappa shape index (κ3) is 4.03. The Morgan fingerprint density at radius 2 is 2.04 bits per heavy atom. The number of nitrogens with one attached hydrogen (secondary N) is 3. The van der Waals surface area contributed by atoms with E-state index in [-0.39, 0.29) is 0 Å². The zero-order valence-electron chi connectivity index (χ0n) is 15.3. The molecule has 0 atom stereocenters. The first-order valence-electron chi connectivity index (χ1n) is 8.46. The van der Waals surface area contributed by atoms with E-state index in [1.807, 2.05) is 18.2 Å². The smallest absolute Gasteiger partial charge is 0.154 e. The van der Waals surface area contributed by atoms with Gasteiger partial charge in [-0.1, -0.05) is 25.4 Å². The molecule has 0 saturated heterocycles. The Morgan fingerprint density at radius 3 is 2.74 bits per heavy atom. The van der Waals surface area contributed by atoms with Crippen LogP contribution in [0.5, 0.6) is 0 Å². The van der Waals surface area contributed by atoms with Crippen molar-refractivity contribution in [3.8, 4) is 0 Å². The Balaban J connectivity index is 2.01. The molecule has 3 aromatic heterocycles. The predicted octanol–water partition coefficient (Wildman–Crippen LogP) is 4.15. The molecule has 8 heteroatoms. The number of halogens is 1. The standard InChI is InChI=1S/C19H20ClN7/c1-11(2)12-6-17(27-24-9-12)25-16-5-4-15-19(26-16)18(20)14(10-23-15)13(7-21)8-22-3/h4-11,21-22H,1-3H3,(H,25,26,27)/b13-8+,21-7?. The van der Waals surface area contributed by atoms with Gasteiger partial charge in [-0.25, -0.2) is 4.98 Å². The highest BCUT2D eigenvalue weighted by Gasteiger charge is 2.12. The van der Waals surface area contributed by atoms with Gasteiger partial charge in [-0.05, 0) is 29.7 Å². The summed E-state index contributed by atoms with van der Waals surface area (Å²) in [5.41, 5.74) is 3.57. The maximum absolute atomic E-state index is 7.58. The molecule has 138 valence electrons. The number of hydrogen-bond donors (Lipinski definition) is 3. The van der Waals surface area contributed by atoms with E-state index in [1.165, 1.54) is 6.21 Å². The maximum atomic E-state index is 7.58. The van der Waals surface area contributed by atoms with Crippen molar-refractivity contribution >= 4 is 46.1 Å². The lowest BCUT2D eigenvalue weighted by Gasteiger charge is -2.10. The second-order valence-corrected chi connectivity index (χ2v) is 6.61. The number of aromatic nitrogens is 4. The highest BCUT2D eigenvalue weighted by atomic mass is 35.5. The molecule has 0 unspecified atom stereocenters. The minimum Gasteiger partial charge on any atom is -0.393 e. The number of allylic oxidation sites excluding steroid dienone is 1. The van der Waals surface area contributed by atoms with Crippen LogP contribution in [-0.4, -0.2) is 33.4 Å². The van der Waals surface area contributed by atoms with Gasteiger partial charge in [0.05, 0.1) is 16.7 Å². The molecule has 0 saturated carbocycles. The van der Waals surface area contributed by atoms with E-state index >= 15 is 0 Å². The van der Waals surface area contributed by atoms with Crippen LogP contribution in [0.15, 0.2) is 36.8 Å². The summed E-state index contributed by atoms with van der Waals surface area (Å²) in [5, 5.41) is 22.2. The van der Waals surface area contributed by atoms with Gasteiger partial charge in [0, 0.05) is 36.8 Å². The highest BCUT2D eigenvalue weighted by Crippen LogP contribution is 2.29. The number of fused-ring (bicyclic) bond motifs is 1. The zero-order valence-corrected chi connectivity index (χ0v) is 16.0. The van der Waals surface area contributed by atoms with Crippen LogP contribution in [0.4, 0.5) is 11.6 Å². The molecular weight excluding hydrogens is 362 g/mol. The first-order valence-corrected chi connectivity index (χ1v) is 8.84. The van der Waals surface area contributed by atoms with Crippen molar-refractivity contribution in [2.75, 3.05) is 12.4 Å². The van der Waals surface area contributed by atoms with Crippen molar-refractivity contribution in [2.24, 2.45) is 0 Å². The molecule has 0 aliphatic heterocycles. The Labute approximate surface area is 162 Å². The summed E-state index contributed by atoms with van der Waals surface area (Å²) in [6, 6.07) is 5.60. The SMILES string of the molecule is CN/C=C(\C=N)c1cnc2ccc(Nc3cc(C(C)C)cnn3)nc2c1Cl. The van der Waals surface area contributed by atoms with Crippen LogP contribution in [0, 0.1) is 5.41 Å². The van der Waals surface area contributed by atoms with E-state index in [0.717, 1.165) is 5.56 Å². The quantitative estimate of drug-likeness (QED) is 0.554. The van der Waals surface area contributed by atoms with Crippen LogP contribution in [0.3, 0.4) is 0 Å². The molecule has 3 N–H and O–H groups in total. The second kappa shape index (κ2) is 8.09. The second-order valence-electron chi connectivity index (χ2n) is 6.24. The van der Waals surface area contributed by atoms with Gasteiger partial charge >= 0.3 is 0 Å². The first-order chi connectivity index (χ1) is 13.0. The fourth-order valence-electron chi connectivity index (χ4n) is 2.55. The summed E-state index contributed by atoms with van der Waals surface area (Å²) in [6.07, 6.45) is 6.31. The van der Waals surface area contributed by atoms with Gasteiger partial charge in [0.15, 0.2) is 5.82 Å². The topological polar surface area (TPSA) is 99.5 Å². The molecule has 3 rings (SSSR count). The molecule has 0 fully saturated rings. The monoisotopic (exact) mass is 381 g/mol. The summed E-state index contributed by atoms with van der Waals surface area (Å²) < 4.78 is 0. The number of pyridine rings is 2. The molecule has 0 aromatic carbocycles. The minimum absolute atomic E-state index is 0.352. The normalized spacial score (nSPS) is 11.7. The summed E-state index contributed by atoms with van der Waals surface area (Å²) >= 11 is 6.56. The predicted molar refractivity (Wildman–Crippen MR) is 110 cm³/mol. The number of hydrogen-bond acceptors (Lipinski definition) is 7. The molecule has 0 radical (unpaired) electrons. The molecule has 0 spiro atoms. The van der Waals surface area contributed by atoms with E-state index in [9.17, 15) is 0 Å². The van der Waals surface area contributed by atoms with Crippen LogP contribution in [0.25, 0.3) is 16.6 Å². The highest BCUT2D eigenvalue weighted by molar-refractivity contribution is 6.37. The fraction of sp³-hybridized carbons (Fsp3) is 0.211. The van der Waals surface area contributed by atoms with Gasteiger partial charge in [0.2, 0.25) is 0 Å². The van der Waals surface area contributed by atoms with Crippen LogP contribution >= 0.6 is 11.6 Å². The lowest BCUT2D eigenvalue weighted by Crippen LogP contribution is -2.02. The molecule has 3 aromatic rings. The van der Waals surface area contributed by atoms with Crippen molar-refractivity contribution in [1.29, 1.82) is 5.41 Å². The maximum Gasteiger partial charge on any atom is 0.154 e. The number of anilines is 2. The van der Waals surface area contributed by atoms with Crippen molar-refractivity contribution in [3.05, 3.63) is 52.9 Å². The minimum atomic E-state index is 0.352. The van der Waals surface area contributed by atoms with Gasteiger partial charge in [-0.2, -0.15) is 5.10 Å². The summed E-state index contributed by atoms with van der Waals surface area (Å²) in [7, 11) is 1.76. The third-order valence-electron chi connectivity index (χ3n) is 4.02. The third-order valence-corrected chi connectivity index (χ3v) is 4.40. The molecule has 0 aliphatic rings. The Kier molecular flexibility index (Phi) is 5.61. The Hall–Kier alpha value is -3.06. The molecule has 0 amide bonds. The molecule has 7 nitrogen and oxygen atoms in total. The Bertz CT molecular complexity index is 1010. The van der Waals surface area contributed by atoms with Crippen molar-refractivity contribution in [2.45, 2.75) is 19.8 Å². The van der Waals surface area contributed by atoms with E-state index < -0.39 is 0 Å². The average Bonchev–Trinajstić information content (AvgIpc) is 2.67. The molecular formula is C19H20ClN7. The van der Waals surface area contributed by atoms with Gasteiger partial charge in [-0.15, -0.1) is 5.10 Å². The van der Waals surface area contributed by atoms with E-state index in [2.05, 4.69) is 44.6 Å². The molecule has 0 aliphatic carbocycles. The van der Waals surface area contributed by atoms with Crippen molar-refractivity contribution in [1.82, 2.24) is 25.5 Å².